The fourth-order valence-corrected chi connectivity index (χ4v) is 2.56. The zero-order valence-electron chi connectivity index (χ0n) is 14.7. The fraction of sp³-hybridized carbons (Fsp3) is 0.444. The minimum Gasteiger partial charge on any atom is -0.493 e. The zero-order chi connectivity index (χ0) is 18.6. The van der Waals surface area contributed by atoms with Crippen LogP contribution in [0.25, 0.3) is 0 Å². The Labute approximate surface area is 144 Å². The summed E-state index contributed by atoms with van der Waals surface area (Å²) in [6.45, 7) is 5.01. The number of furan rings is 1. The summed E-state index contributed by atoms with van der Waals surface area (Å²) < 4.78 is 52.3. The first kappa shape index (κ1) is 19.2. The number of alkyl halides is 3. The van der Waals surface area contributed by atoms with E-state index in [1.165, 1.54) is 13.2 Å². The van der Waals surface area contributed by atoms with Crippen LogP contribution in [-0.2, 0) is 6.54 Å². The Hall–Kier alpha value is -2.15. The van der Waals surface area contributed by atoms with Crippen molar-refractivity contribution in [2.45, 2.75) is 39.5 Å². The second kappa shape index (κ2) is 7.82. The van der Waals surface area contributed by atoms with Crippen LogP contribution < -0.4 is 14.8 Å². The van der Waals surface area contributed by atoms with Gasteiger partial charge >= 0.3 is 6.18 Å². The molecule has 0 aliphatic heterocycles. The lowest BCUT2D eigenvalue weighted by Crippen LogP contribution is -2.20. The lowest BCUT2D eigenvalue weighted by molar-refractivity contribution is -0.153. The molecule has 0 aliphatic rings. The Bertz CT molecular complexity index is 710. The molecule has 1 unspecified atom stereocenters. The average molecular weight is 357 g/mol. The molecular weight excluding hydrogens is 335 g/mol. The molecule has 1 heterocycles. The first-order chi connectivity index (χ1) is 11.7. The van der Waals surface area contributed by atoms with Gasteiger partial charge in [-0.3, -0.25) is 0 Å². The predicted octanol–water partition coefficient (Wildman–Crippen LogP) is 4.70. The van der Waals surface area contributed by atoms with Gasteiger partial charge < -0.3 is 19.2 Å². The molecule has 1 aromatic carbocycles. The monoisotopic (exact) mass is 357 g/mol. The number of hydrogen-bond donors (Lipinski definition) is 1. The van der Waals surface area contributed by atoms with Gasteiger partial charge in [0.25, 0.3) is 0 Å². The molecule has 0 saturated heterocycles. The lowest BCUT2D eigenvalue weighted by Gasteiger charge is -2.16. The normalized spacial score (nSPS) is 12.9. The summed E-state index contributed by atoms with van der Waals surface area (Å²) >= 11 is 0. The fourth-order valence-electron chi connectivity index (χ4n) is 2.56. The molecule has 1 aromatic heterocycles. The molecule has 2 aromatic rings. The van der Waals surface area contributed by atoms with Crippen LogP contribution in [0.4, 0.5) is 13.2 Å². The number of hydrogen-bond acceptors (Lipinski definition) is 4. The number of benzene rings is 1. The van der Waals surface area contributed by atoms with Gasteiger partial charge in [-0.05, 0) is 44.5 Å². The van der Waals surface area contributed by atoms with Gasteiger partial charge in [-0.2, -0.15) is 13.2 Å². The number of aryl methyl sites for hydroxylation is 2. The third-order valence-corrected chi connectivity index (χ3v) is 3.78. The van der Waals surface area contributed by atoms with Gasteiger partial charge in [-0.1, -0.05) is 6.07 Å². The largest absolute Gasteiger partial charge is 0.493 e. The first-order valence-electron chi connectivity index (χ1n) is 7.86. The number of rotatable bonds is 7. The van der Waals surface area contributed by atoms with Crippen molar-refractivity contribution < 1.29 is 27.1 Å². The van der Waals surface area contributed by atoms with Gasteiger partial charge in [-0.25, -0.2) is 0 Å². The first-order valence-corrected chi connectivity index (χ1v) is 7.86. The van der Waals surface area contributed by atoms with E-state index < -0.39 is 12.8 Å². The van der Waals surface area contributed by atoms with Gasteiger partial charge in [0.05, 0.1) is 7.11 Å². The molecule has 25 heavy (non-hydrogen) atoms. The van der Waals surface area contributed by atoms with Crippen molar-refractivity contribution in [2.24, 2.45) is 0 Å². The number of nitrogens with one attached hydrogen (secondary N) is 1. The Morgan fingerprint density at radius 1 is 1.16 bits per heavy atom. The topological polar surface area (TPSA) is 43.6 Å². The number of ether oxygens (including phenoxy) is 2. The summed E-state index contributed by atoms with van der Waals surface area (Å²) in [5.41, 5.74) is 1.95. The van der Waals surface area contributed by atoms with Crippen molar-refractivity contribution in [2.75, 3.05) is 13.7 Å². The summed E-state index contributed by atoms with van der Waals surface area (Å²) in [7, 11) is 1.40. The highest BCUT2D eigenvalue weighted by Gasteiger charge is 2.29. The molecular formula is C18H22F3NO3. The molecule has 0 bridgehead atoms. The highest BCUT2D eigenvalue weighted by Crippen LogP contribution is 2.30. The Balaban J connectivity index is 2.01. The number of halogens is 3. The van der Waals surface area contributed by atoms with E-state index in [1.807, 2.05) is 26.8 Å². The third-order valence-electron chi connectivity index (χ3n) is 3.78. The average Bonchev–Trinajstić information content (AvgIpc) is 2.88. The minimum atomic E-state index is -4.39. The molecule has 0 aliphatic carbocycles. The van der Waals surface area contributed by atoms with Gasteiger partial charge in [0.1, 0.15) is 11.5 Å². The Kier molecular flexibility index (Phi) is 6.00. The van der Waals surface area contributed by atoms with E-state index in [0.717, 1.165) is 22.6 Å². The Morgan fingerprint density at radius 2 is 1.88 bits per heavy atom. The molecule has 2 rings (SSSR count). The van der Waals surface area contributed by atoms with Gasteiger partial charge in [0, 0.05) is 18.2 Å². The van der Waals surface area contributed by atoms with Crippen LogP contribution in [0.5, 0.6) is 11.5 Å². The summed E-state index contributed by atoms with van der Waals surface area (Å²) in [4.78, 5) is 0. The molecule has 138 valence electrons. The van der Waals surface area contributed by atoms with Crippen LogP contribution >= 0.6 is 0 Å². The zero-order valence-corrected chi connectivity index (χ0v) is 14.7. The minimum absolute atomic E-state index is 0.0675. The van der Waals surface area contributed by atoms with Crippen molar-refractivity contribution >= 4 is 0 Å². The quantitative estimate of drug-likeness (QED) is 0.780. The van der Waals surface area contributed by atoms with Crippen LogP contribution in [0.2, 0.25) is 0 Å². The van der Waals surface area contributed by atoms with Crippen molar-refractivity contribution in [3.05, 3.63) is 46.9 Å². The van der Waals surface area contributed by atoms with Gasteiger partial charge in [-0.15, -0.1) is 0 Å². The molecule has 1 atom stereocenters. The second-order valence-corrected chi connectivity index (χ2v) is 5.86. The maximum Gasteiger partial charge on any atom is 0.422 e. The van der Waals surface area contributed by atoms with Crippen molar-refractivity contribution in [3.63, 3.8) is 0 Å². The SMILES string of the molecule is COc1cc(CNC(C)c2cc(C)oc2C)ccc1OCC(F)(F)F. The van der Waals surface area contributed by atoms with E-state index >= 15 is 0 Å². The smallest absolute Gasteiger partial charge is 0.422 e. The maximum absolute atomic E-state index is 12.3. The third kappa shape index (κ3) is 5.42. The molecule has 0 fully saturated rings. The molecule has 0 saturated carbocycles. The van der Waals surface area contributed by atoms with Crippen LogP contribution in [0.1, 0.15) is 35.6 Å². The summed E-state index contributed by atoms with van der Waals surface area (Å²) in [5.74, 6) is 2.06. The Morgan fingerprint density at radius 3 is 2.44 bits per heavy atom. The predicted molar refractivity (Wildman–Crippen MR) is 88.0 cm³/mol. The molecule has 0 radical (unpaired) electrons. The molecule has 1 N–H and O–H groups in total. The van der Waals surface area contributed by atoms with E-state index in [-0.39, 0.29) is 17.5 Å². The van der Waals surface area contributed by atoms with Crippen LogP contribution in [0.15, 0.2) is 28.7 Å². The van der Waals surface area contributed by atoms with Crippen LogP contribution in [0, 0.1) is 13.8 Å². The standard InChI is InChI=1S/C18H22F3NO3/c1-11-7-15(13(3)25-11)12(2)22-9-14-5-6-16(17(8-14)23-4)24-10-18(19,20)21/h5-8,12,22H,9-10H2,1-4H3. The van der Waals surface area contributed by atoms with Gasteiger partial charge in [0.15, 0.2) is 18.1 Å². The van der Waals surface area contributed by atoms with E-state index in [9.17, 15) is 13.2 Å². The number of methoxy groups -OCH3 is 1. The van der Waals surface area contributed by atoms with E-state index in [0.29, 0.717) is 6.54 Å². The molecule has 0 spiro atoms. The lowest BCUT2D eigenvalue weighted by atomic mass is 10.1. The van der Waals surface area contributed by atoms with E-state index in [1.54, 1.807) is 12.1 Å². The van der Waals surface area contributed by atoms with E-state index in [4.69, 9.17) is 13.9 Å². The van der Waals surface area contributed by atoms with Crippen LogP contribution in [-0.4, -0.2) is 19.9 Å². The highest BCUT2D eigenvalue weighted by atomic mass is 19.4. The summed E-state index contributed by atoms with van der Waals surface area (Å²) in [6, 6.07) is 6.92. The second-order valence-electron chi connectivity index (χ2n) is 5.86. The molecule has 0 amide bonds. The summed E-state index contributed by atoms with van der Waals surface area (Å²) in [5, 5.41) is 3.36. The summed E-state index contributed by atoms with van der Waals surface area (Å²) in [6.07, 6.45) is -4.39. The van der Waals surface area contributed by atoms with Crippen molar-refractivity contribution in [1.82, 2.24) is 5.32 Å². The van der Waals surface area contributed by atoms with Crippen LogP contribution in [0.3, 0.4) is 0 Å². The van der Waals surface area contributed by atoms with Crippen molar-refractivity contribution in [3.8, 4) is 11.5 Å². The highest BCUT2D eigenvalue weighted by molar-refractivity contribution is 5.43. The maximum atomic E-state index is 12.3. The van der Waals surface area contributed by atoms with E-state index in [2.05, 4.69) is 5.32 Å². The molecule has 7 heteroatoms. The van der Waals surface area contributed by atoms with Gasteiger partial charge in [0.2, 0.25) is 0 Å². The van der Waals surface area contributed by atoms with Crippen molar-refractivity contribution in [1.29, 1.82) is 0 Å². The molecule has 4 nitrogen and oxygen atoms in total.